The Hall–Kier alpha value is 0. The summed E-state index contributed by atoms with van der Waals surface area (Å²) in [6.07, 6.45) is 8.09. The Kier molecular flexibility index (Phi) is 1.25. The normalized spacial score (nSPS) is 73.0. The molecule has 6 fully saturated rings. The Morgan fingerprint density at radius 1 is 0.667 bits per heavy atom. The minimum absolute atomic E-state index is 1.09. The summed E-state index contributed by atoms with van der Waals surface area (Å²) in [5.74, 6) is 10.9. The van der Waals surface area contributed by atoms with E-state index in [1.165, 1.54) is 47.3 Å². The highest BCUT2D eigenvalue weighted by molar-refractivity contribution is 5.19. The molecule has 0 amide bonds. The van der Waals surface area contributed by atoms with Gasteiger partial charge in [-0.15, -0.1) is 0 Å². The number of rotatable bonds is 1. The SMILES string of the molecule is CC1CCC1C1C2CC2C2C3CC(C3)C21. The molecule has 2 bridgehead atoms. The molecule has 0 aromatic heterocycles. The first kappa shape index (κ1) is 8.14. The topological polar surface area (TPSA) is 0 Å². The molecule has 6 rings (SSSR count). The summed E-state index contributed by atoms with van der Waals surface area (Å²) in [5, 5.41) is 0. The first-order chi connectivity index (χ1) is 7.34. The van der Waals surface area contributed by atoms with Gasteiger partial charge in [0.2, 0.25) is 0 Å². The van der Waals surface area contributed by atoms with Crippen LogP contribution in [0.3, 0.4) is 0 Å². The molecule has 6 saturated carbocycles. The van der Waals surface area contributed by atoms with E-state index in [1.54, 1.807) is 32.1 Å². The van der Waals surface area contributed by atoms with Gasteiger partial charge in [0.25, 0.3) is 0 Å². The van der Waals surface area contributed by atoms with Crippen molar-refractivity contribution in [3.63, 3.8) is 0 Å². The summed E-state index contributed by atoms with van der Waals surface area (Å²) < 4.78 is 0. The quantitative estimate of drug-likeness (QED) is 0.610. The molecule has 82 valence electrons. The Labute approximate surface area is 92.8 Å². The van der Waals surface area contributed by atoms with Gasteiger partial charge in [-0.05, 0) is 78.9 Å². The summed E-state index contributed by atoms with van der Waals surface area (Å²) in [6.45, 7) is 2.53. The first-order valence-electron chi connectivity index (χ1n) is 7.34. The highest BCUT2D eigenvalue weighted by Crippen LogP contribution is 2.77. The highest BCUT2D eigenvalue weighted by Gasteiger charge is 2.71. The van der Waals surface area contributed by atoms with Crippen LogP contribution in [0.15, 0.2) is 0 Å². The van der Waals surface area contributed by atoms with Crippen molar-refractivity contribution >= 4 is 0 Å². The lowest BCUT2D eigenvalue weighted by molar-refractivity contribution is 0.0577. The van der Waals surface area contributed by atoms with Crippen LogP contribution in [0.5, 0.6) is 0 Å². The average molecular weight is 202 g/mol. The smallest absolute Gasteiger partial charge is 0.0318 e. The fourth-order valence-corrected chi connectivity index (χ4v) is 6.45. The van der Waals surface area contributed by atoms with Crippen molar-refractivity contribution in [2.75, 3.05) is 0 Å². The van der Waals surface area contributed by atoms with Crippen LogP contribution < -0.4 is 0 Å². The maximum absolute atomic E-state index is 2.53. The van der Waals surface area contributed by atoms with Crippen molar-refractivity contribution in [1.82, 2.24) is 0 Å². The molecule has 0 aromatic carbocycles. The maximum Gasteiger partial charge on any atom is -0.0318 e. The van der Waals surface area contributed by atoms with Gasteiger partial charge in [0.15, 0.2) is 0 Å². The van der Waals surface area contributed by atoms with Crippen molar-refractivity contribution in [2.45, 2.75) is 39.0 Å². The second kappa shape index (κ2) is 2.31. The molecular formula is C15H22. The predicted molar refractivity (Wildman–Crippen MR) is 60.2 cm³/mol. The van der Waals surface area contributed by atoms with Crippen LogP contribution in [0, 0.1) is 53.3 Å². The van der Waals surface area contributed by atoms with E-state index in [1.807, 2.05) is 0 Å². The van der Waals surface area contributed by atoms with Gasteiger partial charge in [0, 0.05) is 0 Å². The molecule has 6 aliphatic carbocycles. The number of fused-ring (bicyclic) bond motifs is 1. The van der Waals surface area contributed by atoms with Crippen LogP contribution in [0.1, 0.15) is 39.0 Å². The molecule has 0 saturated heterocycles. The van der Waals surface area contributed by atoms with Crippen molar-refractivity contribution in [2.24, 2.45) is 53.3 Å². The third kappa shape index (κ3) is 0.775. The molecule has 0 N–H and O–H groups in total. The van der Waals surface area contributed by atoms with Gasteiger partial charge in [-0.3, -0.25) is 0 Å². The molecule has 0 aliphatic heterocycles. The van der Waals surface area contributed by atoms with Crippen molar-refractivity contribution in [1.29, 1.82) is 0 Å². The Morgan fingerprint density at radius 2 is 1.40 bits per heavy atom. The molecule has 15 heavy (non-hydrogen) atoms. The summed E-state index contributed by atoms with van der Waals surface area (Å²) in [5.41, 5.74) is 0. The van der Waals surface area contributed by atoms with Crippen molar-refractivity contribution in [3.8, 4) is 0 Å². The summed E-state index contributed by atoms with van der Waals surface area (Å²) in [7, 11) is 0. The summed E-state index contributed by atoms with van der Waals surface area (Å²) in [4.78, 5) is 0. The van der Waals surface area contributed by atoms with Gasteiger partial charge in [0.1, 0.15) is 0 Å². The van der Waals surface area contributed by atoms with Crippen LogP contribution in [0.4, 0.5) is 0 Å². The molecule has 0 heterocycles. The third-order valence-corrected chi connectivity index (χ3v) is 7.25. The third-order valence-electron chi connectivity index (χ3n) is 7.25. The zero-order valence-corrected chi connectivity index (χ0v) is 9.73. The lowest BCUT2D eigenvalue weighted by Crippen LogP contribution is -2.36. The van der Waals surface area contributed by atoms with E-state index in [0.717, 1.165) is 5.92 Å². The monoisotopic (exact) mass is 202 g/mol. The molecule has 7 unspecified atom stereocenters. The van der Waals surface area contributed by atoms with Gasteiger partial charge in [-0.1, -0.05) is 13.3 Å². The van der Waals surface area contributed by atoms with Crippen molar-refractivity contribution in [3.05, 3.63) is 0 Å². The molecule has 0 radical (unpaired) electrons. The van der Waals surface area contributed by atoms with E-state index in [9.17, 15) is 0 Å². The molecule has 0 aromatic rings. The second-order valence-corrected chi connectivity index (χ2v) is 7.51. The fraction of sp³-hybridized carbons (Fsp3) is 1.00. The van der Waals surface area contributed by atoms with E-state index < -0.39 is 0 Å². The van der Waals surface area contributed by atoms with Crippen LogP contribution in [-0.4, -0.2) is 0 Å². The Balaban J connectivity index is 1.51. The fourth-order valence-electron chi connectivity index (χ4n) is 6.45. The highest BCUT2D eigenvalue weighted by atomic mass is 14.8. The molecule has 6 aliphatic rings. The van der Waals surface area contributed by atoms with Gasteiger partial charge in [0.05, 0.1) is 0 Å². The lowest BCUT2D eigenvalue weighted by Gasteiger charge is -2.43. The Bertz CT molecular complexity index is 314. The minimum Gasteiger partial charge on any atom is -0.0622 e. The van der Waals surface area contributed by atoms with Crippen LogP contribution in [0.2, 0.25) is 0 Å². The van der Waals surface area contributed by atoms with E-state index in [-0.39, 0.29) is 0 Å². The van der Waals surface area contributed by atoms with E-state index in [4.69, 9.17) is 0 Å². The van der Waals surface area contributed by atoms with E-state index >= 15 is 0 Å². The molecule has 0 heteroatoms. The molecule has 0 nitrogen and oxygen atoms in total. The standard InChI is InChI=1S/C15H22/c1-7-2-3-10(7)15-12-6-11(12)13-8-4-9(5-8)14(13)15/h7-15H,2-6H2,1H3. The van der Waals surface area contributed by atoms with Gasteiger partial charge in [-0.25, -0.2) is 0 Å². The van der Waals surface area contributed by atoms with E-state index in [2.05, 4.69) is 6.92 Å². The molecular weight excluding hydrogens is 180 g/mol. The summed E-state index contributed by atoms with van der Waals surface area (Å²) >= 11 is 0. The van der Waals surface area contributed by atoms with E-state index in [0.29, 0.717) is 0 Å². The van der Waals surface area contributed by atoms with Gasteiger partial charge in [-0.2, -0.15) is 0 Å². The lowest BCUT2D eigenvalue weighted by atomic mass is 9.62. The zero-order chi connectivity index (χ0) is 9.73. The van der Waals surface area contributed by atoms with Gasteiger partial charge < -0.3 is 0 Å². The zero-order valence-electron chi connectivity index (χ0n) is 9.73. The number of hydrogen-bond donors (Lipinski definition) is 0. The molecule has 0 spiro atoms. The first-order valence-corrected chi connectivity index (χ1v) is 7.34. The number of hydrogen-bond acceptors (Lipinski definition) is 0. The summed E-state index contributed by atoms with van der Waals surface area (Å²) in [6, 6.07) is 0. The average Bonchev–Trinajstić information content (AvgIpc) is 2.58. The van der Waals surface area contributed by atoms with Crippen molar-refractivity contribution < 1.29 is 0 Å². The molecule has 7 atom stereocenters. The largest absolute Gasteiger partial charge is 0.0622 e. The minimum atomic E-state index is 1.09. The Morgan fingerprint density at radius 3 is 2.07 bits per heavy atom. The predicted octanol–water partition coefficient (Wildman–Crippen LogP) is 3.57. The maximum atomic E-state index is 2.53. The van der Waals surface area contributed by atoms with Crippen LogP contribution in [0.25, 0.3) is 0 Å². The van der Waals surface area contributed by atoms with Gasteiger partial charge >= 0.3 is 0 Å². The van der Waals surface area contributed by atoms with Crippen LogP contribution >= 0.6 is 0 Å². The van der Waals surface area contributed by atoms with Crippen LogP contribution in [-0.2, 0) is 0 Å². The second-order valence-electron chi connectivity index (χ2n) is 7.51.